The van der Waals surface area contributed by atoms with Crippen molar-refractivity contribution in [1.82, 2.24) is 29.5 Å². The van der Waals surface area contributed by atoms with Gasteiger partial charge in [-0.25, -0.2) is 29.7 Å². The minimum Gasteiger partial charge on any atom is -0.478 e. The van der Waals surface area contributed by atoms with Crippen LogP contribution in [-0.2, 0) is 11.3 Å². The molecule has 3 aromatic heterocycles. The fourth-order valence-corrected chi connectivity index (χ4v) is 3.57. The molecule has 1 aromatic carbocycles. The lowest BCUT2D eigenvalue weighted by Crippen LogP contribution is -2.37. The zero-order valence-electron chi connectivity index (χ0n) is 17.0. The normalized spacial score (nSPS) is 14.1. The number of ether oxygens (including phenoxy) is 1. The molecule has 1 aliphatic heterocycles. The van der Waals surface area contributed by atoms with E-state index in [-0.39, 0.29) is 11.5 Å². The first-order chi connectivity index (χ1) is 15.6. The molecule has 0 amide bonds. The molecule has 0 aliphatic carbocycles. The van der Waals surface area contributed by atoms with Crippen LogP contribution in [0.3, 0.4) is 0 Å². The van der Waals surface area contributed by atoms with Gasteiger partial charge < -0.3 is 25.0 Å². The molecule has 0 atom stereocenters. The number of imidazole rings is 1. The van der Waals surface area contributed by atoms with E-state index in [4.69, 9.17) is 25.5 Å². The van der Waals surface area contributed by atoms with Crippen molar-refractivity contribution in [2.75, 3.05) is 36.9 Å². The molecule has 4 aromatic rings. The molecule has 4 heterocycles. The van der Waals surface area contributed by atoms with Crippen molar-refractivity contribution in [2.24, 2.45) is 0 Å². The third-order valence-electron chi connectivity index (χ3n) is 5.24. The third-order valence-corrected chi connectivity index (χ3v) is 5.24. The summed E-state index contributed by atoms with van der Waals surface area (Å²) in [5, 5.41) is 9.12. The number of nitrogens with two attached hydrogens (primary N) is 1. The molecular weight excluding hydrogens is 412 g/mol. The Morgan fingerprint density at radius 2 is 1.78 bits per heavy atom. The zero-order valence-corrected chi connectivity index (χ0v) is 17.0. The van der Waals surface area contributed by atoms with E-state index >= 15 is 0 Å². The van der Waals surface area contributed by atoms with Gasteiger partial charge in [0.25, 0.3) is 0 Å². The first kappa shape index (κ1) is 19.8. The first-order valence-corrected chi connectivity index (χ1v) is 10.0. The number of carbonyl (C=O) groups is 1. The second-order valence-electron chi connectivity index (χ2n) is 7.35. The Labute approximate surface area is 182 Å². The number of nitrogen functional groups attached to an aromatic ring is 1. The molecule has 1 saturated heterocycles. The summed E-state index contributed by atoms with van der Waals surface area (Å²) in [6, 6.07) is 6.74. The Bertz CT molecular complexity index is 1260. The van der Waals surface area contributed by atoms with Gasteiger partial charge in [0.05, 0.1) is 37.2 Å². The number of carboxylic acids is 1. The monoisotopic (exact) mass is 432 g/mol. The fourth-order valence-electron chi connectivity index (χ4n) is 3.57. The highest BCUT2D eigenvalue weighted by atomic mass is 16.5. The molecule has 0 radical (unpaired) electrons. The summed E-state index contributed by atoms with van der Waals surface area (Å²) in [4.78, 5) is 35.5. The van der Waals surface area contributed by atoms with E-state index in [9.17, 15) is 4.79 Å². The maximum atomic E-state index is 11.1. The lowest BCUT2D eigenvalue weighted by atomic mass is 10.1. The van der Waals surface area contributed by atoms with Crippen molar-refractivity contribution < 1.29 is 14.6 Å². The zero-order chi connectivity index (χ0) is 22.1. The van der Waals surface area contributed by atoms with E-state index in [2.05, 4.69) is 19.9 Å². The predicted molar refractivity (Wildman–Crippen MR) is 116 cm³/mol. The summed E-state index contributed by atoms with van der Waals surface area (Å²) in [7, 11) is 0. The lowest BCUT2D eigenvalue weighted by molar-refractivity contribution is 0.0697. The lowest BCUT2D eigenvalue weighted by Gasteiger charge is -2.28. The Hall–Kier alpha value is -4.12. The Morgan fingerprint density at radius 1 is 1.06 bits per heavy atom. The van der Waals surface area contributed by atoms with Crippen LogP contribution in [0.5, 0.6) is 0 Å². The minimum atomic E-state index is -0.956. The Morgan fingerprint density at radius 3 is 2.47 bits per heavy atom. The SMILES string of the molecule is Nc1ncc(-c2nc(N3CCOCC3)c3ncn(Cc4ccc(C(=O)O)cc4)c3n2)cn1. The van der Waals surface area contributed by atoms with Crippen LogP contribution < -0.4 is 10.6 Å². The fraction of sp³-hybridized carbons (Fsp3) is 0.238. The van der Waals surface area contributed by atoms with E-state index in [1.165, 1.54) is 0 Å². The van der Waals surface area contributed by atoms with Crippen LogP contribution in [0.4, 0.5) is 11.8 Å². The topological polar surface area (TPSA) is 145 Å². The smallest absolute Gasteiger partial charge is 0.335 e. The molecule has 5 rings (SSSR count). The highest BCUT2D eigenvalue weighted by molar-refractivity contribution is 5.87. The molecule has 3 N–H and O–H groups in total. The molecule has 11 nitrogen and oxygen atoms in total. The number of rotatable bonds is 5. The van der Waals surface area contributed by atoms with E-state index in [1.54, 1.807) is 43.0 Å². The highest BCUT2D eigenvalue weighted by Gasteiger charge is 2.21. The minimum absolute atomic E-state index is 0.179. The van der Waals surface area contributed by atoms with Gasteiger partial charge >= 0.3 is 5.97 Å². The molecule has 0 bridgehead atoms. The summed E-state index contributed by atoms with van der Waals surface area (Å²) < 4.78 is 7.40. The van der Waals surface area contributed by atoms with E-state index in [0.717, 1.165) is 11.4 Å². The van der Waals surface area contributed by atoms with Crippen LogP contribution in [0.15, 0.2) is 43.0 Å². The average molecular weight is 432 g/mol. The first-order valence-electron chi connectivity index (χ1n) is 10.0. The number of aromatic nitrogens is 6. The van der Waals surface area contributed by atoms with Gasteiger partial charge in [-0.05, 0) is 17.7 Å². The van der Waals surface area contributed by atoms with E-state index in [1.807, 2.05) is 4.57 Å². The maximum absolute atomic E-state index is 11.1. The van der Waals surface area contributed by atoms with Crippen molar-refractivity contribution in [3.05, 3.63) is 54.1 Å². The number of hydrogen-bond acceptors (Lipinski definition) is 9. The van der Waals surface area contributed by atoms with Crippen LogP contribution in [-0.4, -0.2) is 66.9 Å². The number of anilines is 2. The molecule has 11 heteroatoms. The van der Waals surface area contributed by atoms with Crippen LogP contribution in [0, 0.1) is 0 Å². The van der Waals surface area contributed by atoms with Gasteiger partial charge in [-0.1, -0.05) is 12.1 Å². The molecule has 1 fully saturated rings. The van der Waals surface area contributed by atoms with Gasteiger partial charge in [-0.3, -0.25) is 0 Å². The number of benzene rings is 1. The molecular formula is C21H20N8O3. The second kappa shape index (κ2) is 8.19. The number of aromatic carboxylic acids is 1. The second-order valence-corrected chi connectivity index (χ2v) is 7.35. The largest absolute Gasteiger partial charge is 0.478 e. The molecule has 162 valence electrons. The van der Waals surface area contributed by atoms with Gasteiger partial charge in [0.15, 0.2) is 22.8 Å². The number of fused-ring (bicyclic) bond motifs is 1. The van der Waals surface area contributed by atoms with Crippen LogP contribution >= 0.6 is 0 Å². The standard InChI is InChI=1S/C21H20N8O3/c22-21-23-9-15(10-24-21)17-26-18(28-5-7-32-8-6-28)16-19(27-17)29(12-25-16)11-13-1-3-14(4-2-13)20(30)31/h1-4,9-10,12H,5-8,11H2,(H,30,31)(H2,22,23,24). The van der Waals surface area contributed by atoms with Gasteiger partial charge in [-0.15, -0.1) is 0 Å². The van der Waals surface area contributed by atoms with E-state index in [0.29, 0.717) is 55.4 Å². The molecule has 0 spiro atoms. The molecule has 32 heavy (non-hydrogen) atoms. The molecule has 0 unspecified atom stereocenters. The van der Waals surface area contributed by atoms with Gasteiger partial charge in [-0.2, -0.15) is 0 Å². The van der Waals surface area contributed by atoms with Crippen molar-refractivity contribution in [1.29, 1.82) is 0 Å². The van der Waals surface area contributed by atoms with E-state index < -0.39 is 5.97 Å². The van der Waals surface area contributed by atoms with Crippen molar-refractivity contribution in [2.45, 2.75) is 6.54 Å². The van der Waals surface area contributed by atoms with Crippen LogP contribution in [0.25, 0.3) is 22.6 Å². The summed E-state index contributed by atoms with van der Waals surface area (Å²) in [6.45, 7) is 3.11. The third kappa shape index (κ3) is 3.81. The Kier molecular flexibility index (Phi) is 5.07. The van der Waals surface area contributed by atoms with Gasteiger partial charge in [0, 0.05) is 25.5 Å². The highest BCUT2D eigenvalue weighted by Crippen LogP contribution is 2.27. The van der Waals surface area contributed by atoms with Gasteiger partial charge in [0.2, 0.25) is 5.95 Å². The van der Waals surface area contributed by atoms with Crippen molar-refractivity contribution in [3.8, 4) is 11.4 Å². The predicted octanol–water partition coefficient (Wildman–Crippen LogP) is 1.45. The summed E-state index contributed by atoms with van der Waals surface area (Å²) in [5.41, 5.74) is 8.80. The van der Waals surface area contributed by atoms with Crippen molar-refractivity contribution >= 4 is 28.9 Å². The summed E-state index contributed by atoms with van der Waals surface area (Å²) >= 11 is 0. The number of hydrogen-bond donors (Lipinski definition) is 2. The molecule has 0 saturated carbocycles. The average Bonchev–Trinajstić information content (AvgIpc) is 3.22. The summed E-state index contributed by atoms with van der Waals surface area (Å²) in [5.74, 6) is 0.424. The van der Waals surface area contributed by atoms with Crippen molar-refractivity contribution in [3.63, 3.8) is 0 Å². The van der Waals surface area contributed by atoms with Gasteiger partial charge in [0.1, 0.15) is 0 Å². The van der Waals surface area contributed by atoms with Crippen LogP contribution in [0.1, 0.15) is 15.9 Å². The summed E-state index contributed by atoms with van der Waals surface area (Å²) in [6.07, 6.45) is 4.91. The number of morpholine rings is 1. The molecule has 1 aliphatic rings. The number of carboxylic acid groups (broad SMARTS) is 1. The Balaban J connectivity index is 1.59. The van der Waals surface area contributed by atoms with Crippen LogP contribution in [0.2, 0.25) is 0 Å². The number of nitrogens with zero attached hydrogens (tertiary/aromatic N) is 7. The maximum Gasteiger partial charge on any atom is 0.335 e. The quantitative estimate of drug-likeness (QED) is 0.475.